The quantitative estimate of drug-likeness (QED) is 0.529. The van der Waals surface area contributed by atoms with Crippen LogP contribution >= 0.6 is 0 Å². The van der Waals surface area contributed by atoms with Gasteiger partial charge in [-0.3, -0.25) is 4.79 Å². The van der Waals surface area contributed by atoms with Gasteiger partial charge in [0.25, 0.3) is 0 Å². The fraction of sp³-hybridized carbons (Fsp3) is 0.583. The first-order valence-corrected chi connectivity index (χ1v) is 5.16. The molecule has 0 fully saturated rings. The summed E-state index contributed by atoms with van der Waals surface area (Å²) in [6.07, 6.45) is 5.17. The maximum Gasteiger partial charge on any atom is 0.302 e. The molecule has 3 nitrogen and oxygen atoms in total. The predicted molar refractivity (Wildman–Crippen MR) is 58.5 cm³/mol. The smallest absolute Gasteiger partial charge is 0.302 e. The lowest BCUT2D eigenvalue weighted by Crippen LogP contribution is -2.16. The maximum absolute atomic E-state index is 10.6. The second-order valence-corrected chi connectivity index (χ2v) is 3.92. The number of carbonyl (C=O) groups is 1. The second-order valence-electron chi connectivity index (χ2n) is 3.92. The normalized spacial score (nSPS) is 22.2. The molecule has 0 aromatic carbocycles. The molecule has 1 aliphatic heterocycles. The number of hydrogen-bond acceptors (Lipinski definition) is 3. The van der Waals surface area contributed by atoms with Crippen molar-refractivity contribution in [3.63, 3.8) is 0 Å². The zero-order chi connectivity index (χ0) is 11.3. The number of rotatable bonds is 3. The van der Waals surface area contributed by atoms with Crippen molar-refractivity contribution in [1.82, 2.24) is 0 Å². The van der Waals surface area contributed by atoms with E-state index in [0.717, 1.165) is 12.0 Å². The molecule has 84 valence electrons. The van der Waals surface area contributed by atoms with Crippen molar-refractivity contribution in [2.45, 2.75) is 33.3 Å². The molecule has 0 saturated carbocycles. The molecule has 0 radical (unpaired) electrons. The highest BCUT2D eigenvalue weighted by Gasteiger charge is 2.11. The molecule has 15 heavy (non-hydrogen) atoms. The van der Waals surface area contributed by atoms with Crippen LogP contribution in [0.3, 0.4) is 0 Å². The standard InChI is InChI=1S/C12H18O3/c1-9-4-5-14-12(6-9)7-10(2)8-15-11(3)13/h4,7,12H,5-6,8H2,1-3H3. The molecule has 1 rings (SSSR count). The summed E-state index contributed by atoms with van der Waals surface area (Å²) in [6, 6.07) is 0. The van der Waals surface area contributed by atoms with Gasteiger partial charge in [-0.2, -0.15) is 0 Å². The summed E-state index contributed by atoms with van der Waals surface area (Å²) >= 11 is 0. The van der Waals surface area contributed by atoms with Gasteiger partial charge in [-0.25, -0.2) is 0 Å². The van der Waals surface area contributed by atoms with Crippen LogP contribution in [0.2, 0.25) is 0 Å². The minimum absolute atomic E-state index is 0.130. The van der Waals surface area contributed by atoms with Gasteiger partial charge < -0.3 is 9.47 Å². The van der Waals surface area contributed by atoms with Crippen molar-refractivity contribution in [2.24, 2.45) is 0 Å². The molecule has 0 aliphatic carbocycles. The summed E-state index contributed by atoms with van der Waals surface area (Å²) in [7, 11) is 0. The second kappa shape index (κ2) is 5.71. The zero-order valence-corrected chi connectivity index (χ0v) is 9.58. The van der Waals surface area contributed by atoms with Crippen LogP contribution in [-0.2, 0) is 14.3 Å². The van der Waals surface area contributed by atoms with Gasteiger partial charge >= 0.3 is 5.97 Å². The molecule has 0 aromatic heterocycles. The highest BCUT2D eigenvalue weighted by atomic mass is 16.5. The van der Waals surface area contributed by atoms with E-state index in [-0.39, 0.29) is 12.1 Å². The first kappa shape index (κ1) is 12.0. The third-order valence-electron chi connectivity index (χ3n) is 2.24. The first-order chi connectivity index (χ1) is 7.08. The van der Waals surface area contributed by atoms with Crippen molar-refractivity contribution < 1.29 is 14.3 Å². The number of esters is 1. The van der Waals surface area contributed by atoms with E-state index in [1.165, 1.54) is 12.5 Å². The van der Waals surface area contributed by atoms with E-state index in [4.69, 9.17) is 9.47 Å². The van der Waals surface area contributed by atoms with Crippen molar-refractivity contribution >= 4 is 5.97 Å². The van der Waals surface area contributed by atoms with Gasteiger partial charge in [0.2, 0.25) is 0 Å². The molecule has 0 aromatic rings. The fourth-order valence-electron chi connectivity index (χ4n) is 1.46. The molecule has 1 atom stereocenters. The minimum Gasteiger partial charge on any atom is -0.461 e. The largest absolute Gasteiger partial charge is 0.461 e. The van der Waals surface area contributed by atoms with Crippen LogP contribution in [0.25, 0.3) is 0 Å². The Bertz CT molecular complexity index is 289. The Balaban J connectivity index is 2.41. The molecule has 0 bridgehead atoms. The van der Waals surface area contributed by atoms with E-state index in [2.05, 4.69) is 13.0 Å². The van der Waals surface area contributed by atoms with E-state index in [0.29, 0.717) is 13.2 Å². The average molecular weight is 210 g/mol. The number of hydrogen-bond donors (Lipinski definition) is 0. The van der Waals surface area contributed by atoms with E-state index in [1.807, 2.05) is 13.0 Å². The Kier molecular flexibility index (Phi) is 4.56. The lowest BCUT2D eigenvalue weighted by atomic mass is 10.1. The third kappa shape index (κ3) is 4.79. The van der Waals surface area contributed by atoms with Gasteiger partial charge in [-0.1, -0.05) is 17.7 Å². The summed E-state index contributed by atoms with van der Waals surface area (Å²) in [5, 5.41) is 0. The van der Waals surface area contributed by atoms with Gasteiger partial charge in [-0.05, 0) is 25.8 Å². The van der Waals surface area contributed by atoms with Crippen molar-refractivity contribution in [2.75, 3.05) is 13.2 Å². The average Bonchev–Trinajstić information content (AvgIpc) is 2.15. The Labute approximate surface area is 90.8 Å². The van der Waals surface area contributed by atoms with Crippen LogP contribution in [0.15, 0.2) is 23.3 Å². The Morgan fingerprint density at radius 3 is 3.00 bits per heavy atom. The van der Waals surface area contributed by atoms with E-state index in [9.17, 15) is 4.79 Å². The summed E-state index contributed by atoms with van der Waals surface area (Å²) in [6.45, 7) is 6.49. The molecule has 0 saturated heterocycles. The van der Waals surface area contributed by atoms with Crippen LogP contribution < -0.4 is 0 Å². The fourth-order valence-corrected chi connectivity index (χ4v) is 1.46. The molecule has 0 spiro atoms. The van der Waals surface area contributed by atoms with Crippen LogP contribution in [0, 0.1) is 0 Å². The molecule has 0 N–H and O–H groups in total. The lowest BCUT2D eigenvalue weighted by Gasteiger charge is -2.19. The number of carbonyl (C=O) groups excluding carboxylic acids is 1. The van der Waals surface area contributed by atoms with Crippen LogP contribution in [-0.4, -0.2) is 25.3 Å². The Morgan fingerprint density at radius 1 is 1.67 bits per heavy atom. The monoisotopic (exact) mass is 210 g/mol. The molecule has 1 heterocycles. The van der Waals surface area contributed by atoms with Gasteiger partial charge in [0.15, 0.2) is 0 Å². The molecule has 0 amide bonds. The maximum atomic E-state index is 10.6. The topological polar surface area (TPSA) is 35.5 Å². The van der Waals surface area contributed by atoms with Gasteiger partial charge in [0.1, 0.15) is 6.61 Å². The first-order valence-electron chi connectivity index (χ1n) is 5.16. The molecular weight excluding hydrogens is 192 g/mol. The SMILES string of the molecule is CC(=O)OCC(C)=CC1CC(C)=CCO1. The summed E-state index contributed by atoms with van der Waals surface area (Å²) in [4.78, 5) is 10.6. The van der Waals surface area contributed by atoms with E-state index in [1.54, 1.807) is 0 Å². The van der Waals surface area contributed by atoms with Crippen molar-refractivity contribution in [1.29, 1.82) is 0 Å². The Morgan fingerprint density at radius 2 is 2.40 bits per heavy atom. The molecule has 1 aliphatic rings. The van der Waals surface area contributed by atoms with Crippen LogP contribution in [0.4, 0.5) is 0 Å². The Hall–Kier alpha value is -1.09. The van der Waals surface area contributed by atoms with E-state index < -0.39 is 0 Å². The summed E-state index contributed by atoms with van der Waals surface area (Å²) in [5.74, 6) is -0.247. The van der Waals surface area contributed by atoms with Crippen molar-refractivity contribution in [3.05, 3.63) is 23.3 Å². The van der Waals surface area contributed by atoms with Gasteiger partial charge in [-0.15, -0.1) is 0 Å². The van der Waals surface area contributed by atoms with Gasteiger partial charge in [0.05, 0.1) is 12.7 Å². The van der Waals surface area contributed by atoms with Crippen molar-refractivity contribution in [3.8, 4) is 0 Å². The minimum atomic E-state index is -0.247. The molecule has 3 heteroatoms. The van der Waals surface area contributed by atoms with E-state index >= 15 is 0 Å². The molecular formula is C12H18O3. The number of ether oxygens (including phenoxy) is 2. The highest BCUT2D eigenvalue weighted by Crippen LogP contribution is 2.16. The third-order valence-corrected chi connectivity index (χ3v) is 2.24. The lowest BCUT2D eigenvalue weighted by molar-refractivity contribution is -0.139. The highest BCUT2D eigenvalue weighted by molar-refractivity contribution is 5.66. The predicted octanol–water partition coefficient (Wildman–Crippen LogP) is 2.23. The summed E-state index contributed by atoms with van der Waals surface area (Å²) in [5.41, 5.74) is 2.38. The zero-order valence-electron chi connectivity index (χ0n) is 9.58. The van der Waals surface area contributed by atoms with Gasteiger partial charge in [0, 0.05) is 6.92 Å². The van der Waals surface area contributed by atoms with Crippen LogP contribution in [0.1, 0.15) is 27.2 Å². The van der Waals surface area contributed by atoms with Crippen LogP contribution in [0.5, 0.6) is 0 Å². The molecule has 1 unspecified atom stereocenters. The summed E-state index contributed by atoms with van der Waals surface area (Å²) < 4.78 is 10.4.